The lowest BCUT2D eigenvalue weighted by Crippen LogP contribution is -2.36. The smallest absolute Gasteiger partial charge is 0.358 e. The highest BCUT2D eigenvalue weighted by atomic mass is 16.5. The van der Waals surface area contributed by atoms with Crippen molar-refractivity contribution in [2.24, 2.45) is 0 Å². The van der Waals surface area contributed by atoms with Crippen LogP contribution in [-0.2, 0) is 11.3 Å². The Morgan fingerprint density at radius 3 is 2.61 bits per heavy atom. The van der Waals surface area contributed by atoms with Gasteiger partial charge in [-0.05, 0) is 17.7 Å². The van der Waals surface area contributed by atoms with Gasteiger partial charge in [-0.3, -0.25) is 9.20 Å². The Morgan fingerprint density at radius 2 is 1.89 bits per heavy atom. The van der Waals surface area contributed by atoms with E-state index in [1.54, 1.807) is 12.3 Å². The summed E-state index contributed by atoms with van der Waals surface area (Å²) < 4.78 is 12.3. The van der Waals surface area contributed by atoms with E-state index in [0.29, 0.717) is 13.2 Å². The number of benzene rings is 1. The highest BCUT2D eigenvalue weighted by molar-refractivity contribution is 5.89. The van der Waals surface area contributed by atoms with Crippen LogP contribution in [0.4, 0.5) is 5.69 Å². The average molecular weight is 381 g/mol. The molecule has 2 aromatic heterocycles. The van der Waals surface area contributed by atoms with Gasteiger partial charge in [-0.1, -0.05) is 30.3 Å². The molecule has 1 fully saturated rings. The fourth-order valence-electron chi connectivity index (χ4n) is 3.12. The Balaban J connectivity index is 1.75. The molecule has 1 saturated heterocycles. The maximum absolute atomic E-state index is 13.0. The number of pyridine rings is 1. The minimum Gasteiger partial charge on any atom is -0.481 e. The van der Waals surface area contributed by atoms with Crippen LogP contribution in [-0.4, -0.2) is 46.8 Å². The minimum absolute atomic E-state index is 0.0766. The third-order valence-corrected chi connectivity index (χ3v) is 4.57. The van der Waals surface area contributed by atoms with Crippen molar-refractivity contribution in [3.8, 4) is 5.75 Å². The topological polar surface area (TPSA) is 93.4 Å². The molecule has 28 heavy (non-hydrogen) atoms. The Labute approximate surface area is 160 Å². The zero-order valence-corrected chi connectivity index (χ0v) is 15.1. The van der Waals surface area contributed by atoms with Crippen molar-refractivity contribution in [1.29, 1.82) is 0 Å². The number of carboxylic acid groups (broad SMARTS) is 1. The van der Waals surface area contributed by atoms with Crippen LogP contribution < -0.4 is 15.2 Å². The van der Waals surface area contributed by atoms with Crippen LogP contribution in [0.25, 0.3) is 5.65 Å². The third-order valence-electron chi connectivity index (χ3n) is 4.57. The predicted octanol–water partition coefficient (Wildman–Crippen LogP) is 1.81. The van der Waals surface area contributed by atoms with E-state index in [0.717, 1.165) is 24.3 Å². The van der Waals surface area contributed by atoms with Crippen LogP contribution in [0.5, 0.6) is 5.75 Å². The summed E-state index contributed by atoms with van der Waals surface area (Å²) in [6.45, 7) is 2.76. The van der Waals surface area contributed by atoms with Gasteiger partial charge in [0.2, 0.25) is 5.75 Å². The largest absolute Gasteiger partial charge is 0.481 e. The summed E-state index contributed by atoms with van der Waals surface area (Å²) in [6, 6.07) is 12.7. The van der Waals surface area contributed by atoms with Gasteiger partial charge in [0, 0.05) is 19.3 Å². The second-order valence-corrected chi connectivity index (χ2v) is 6.39. The molecule has 1 aliphatic heterocycles. The number of morpholine rings is 1. The number of carbonyl (C=O) groups is 1. The number of anilines is 1. The fourth-order valence-corrected chi connectivity index (χ4v) is 3.12. The van der Waals surface area contributed by atoms with E-state index in [2.05, 4.69) is 9.88 Å². The Morgan fingerprint density at radius 1 is 1.14 bits per heavy atom. The lowest BCUT2D eigenvalue weighted by molar-refractivity contribution is 0.0684. The van der Waals surface area contributed by atoms with Gasteiger partial charge >= 0.3 is 11.5 Å². The second kappa shape index (κ2) is 7.69. The highest BCUT2D eigenvalue weighted by Gasteiger charge is 2.21. The molecule has 8 heteroatoms. The number of rotatable bonds is 5. The molecular weight excluding hydrogens is 362 g/mol. The maximum atomic E-state index is 13.0. The van der Waals surface area contributed by atoms with Crippen molar-refractivity contribution in [3.63, 3.8) is 0 Å². The normalized spacial score (nSPS) is 14.2. The summed E-state index contributed by atoms with van der Waals surface area (Å²) in [5.74, 6) is -1.58. The molecule has 0 atom stereocenters. The second-order valence-electron chi connectivity index (χ2n) is 6.39. The standard InChI is InChI=1S/C20H19N3O5/c24-19-18(28-13-14-4-2-1-3-5-14)17(20(25)26)21-16-7-6-15(12-23(16)19)22-8-10-27-11-9-22/h1-7,12H,8-11,13H2,(H,25,26). The summed E-state index contributed by atoms with van der Waals surface area (Å²) >= 11 is 0. The number of ether oxygens (including phenoxy) is 2. The molecule has 0 amide bonds. The Bertz CT molecular complexity index is 1060. The zero-order valence-electron chi connectivity index (χ0n) is 15.1. The van der Waals surface area contributed by atoms with Crippen molar-refractivity contribution in [3.05, 3.63) is 70.3 Å². The Hall–Kier alpha value is -3.39. The number of fused-ring (bicyclic) bond motifs is 1. The first-order valence-corrected chi connectivity index (χ1v) is 8.92. The summed E-state index contributed by atoms with van der Waals surface area (Å²) in [6.07, 6.45) is 1.66. The van der Waals surface area contributed by atoms with Crippen molar-refractivity contribution in [1.82, 2.24) is 9.38 Å². The number of carboxylic acids is 1. The number of aromatic carboxylic acids is 1. The van der Waals surface area contributed by atoms with E-state index >= 15 is 0 Å². The van der Waals surface area contributed by atoms with Crippen molar-refractivity contribution < 1.29 is 19.4 Å². The molecule has 1 aliphatic rings. The van der Waals surface area contributed by atoms with Crippen molar-refractivity contribution in [2.75, 3.05) is 31.2 Å². The summed E-state index contributed by atoms with van der Waals surface area (Å²) in [4.78, 5) is 30.9. The SMILES string of the molecule is O=C(O)c1nc2ccc(N3CCOCC3)cn2c(=O)c1OCc1ccccc1. The van der Waals surface area contributed by atoms with Crippen LogP contribution in [0.3, 0.4) is 0 Å². The molecule has 144 valence electrons. The molecule has 0 bridgehead atoms. The predicted molar refractivity (Wildman–Crippen MR) is 102 cm³/mol. The zero-order chi connectivity index (χ0) is 19.5. The van der Waals surface area contributed by atoms with Gasteiger partial charge in [0.1, 0.15) is 12.3 Å². The van der Waals surface area contributed by atoms with Crippen LogP contribution >= 0.6 is 0 Å². The third kappa shape index (κ3) is 3.54. The van der Waals surface area contributed by atoms with Gasteiger partial charge < -0.3 is 19.5 Å². The molecule has 1 aromatic carbocycles. The first kappa shape index (κ1) is 18.0. The molecule has 3 aromatic rings. The van der Waals surface area contributed by atoms with Crippen LogP contribution in [0.2, 0.25) is 0 Å². The highest BCUT2D eigenvalue weighted by Crippen LogP contribution is 2.19. The summed E-state index contributed by atoms with van der Waals surface area (Å²) in [7, 11) is 0. The number of hydrogen-bond acceptors (Lipinski definition) is 6. The lowest BCUT2D eigenvalue weighted by atomic mass is 10.2. The molecule has 3 heterocycles. The van der Waals surface area contributed by atoms with Crippen LogP contribution in [0.15, 0.2) is 53.5 Å². The molecular formula is C20H19N3O5. The minimum atomic E-state index is -1.31. The Kier molecular flexibility index (Phi) is 4.94. The monoisotopic (exact) mass is 381 g/mol. The van der Waals surface area contributed by atoms with Gasteiger partial charge in [0.05, 0.1) is 18.9 Å². The summed E-state index contributed by atoms with van der Waals surface area (Å²) in [5, 5.41) is 9.49. The molecule has 0 unspecified atom stereocenters. The van der Waals surface area contributed by atoms with Gasteiger partial charge in [-0.2, -0.15) is 0 Å². The quantitative estimate of drug-likeness (QED) is 0.720. The first-order valence-electron chi connectivity index (χ1n) is 8.92. The number of nitrogens with zero attached hydrogens (tertiary/aromatic N) is 3. The van der Waals surface area contributed by atoms with E-state index < -0.39 is 11.5 Å². The summed E-state index contributed by atoms with van der Waals surface area (Å²) in [5.41, 5.74) is 0.988. The first-order chi connectivity index (χ1) is 13.6. The maximum Gasteiger partial charge on any atom is 0.358 e. The van der Waals surface area contributed by atoms with Crippen molar-refractivity contribution in [2.45, 2.75) is 6.61 Å². The molecule has 1 N–H and O–H groups in total. The van der Waals surface area contributed by atoms with Crippen LogP contribution in [0.1, 0.15) is 16.1 Å². The van der Waals surface area contributed by atoms with Gasteiger partial charge in [-0.15, -0.1) is 0 Å². The van der Waals surface area contributed by atoms with E-state index in [1.165, 1.54) is 4.40 Å². The molecule has 8 nitrogen and oxygen atoms in total. The van der Waals surface area contributed by atoms with Gasteiger partial charge in [0.15, 0.2) is 5.69 Å². The van der Waals surface area contributed by atoms with E-state index in [-0.39, 0.29) is 23.7 Å². The number of aromatic nitrogens is 2. The van der Waals surface area contributed by atoms with Gasteiger partial charge in [-0.25, -0.2) is 9.78 Å². The molecule has 0 radical (unpaired) electrons. The molecule has 0 spiro atoms. The van der Waals surface area contributed by atoms with E-state index in [9.17, 15) is 14.7 Å². The average Bonchev–Trinajstić information content (AvgIpc) is 2.74. The lowest BCUT2D eigenvalue weighted by Gasteiger charge is -2.28. The van der Waals surface area contributed by atoms with Crippen molar-refractivity contribution >= 4 is 17.3 Å². The number of hydrogen-bond donors (Lipinski definition) is 1. The van der Waals surface area contributed by atoms with Crippen LogP contribution in [0, 0.1) is 0 Å². The van der Waals surface area contributed by atoms with E-state index in [4.69, 9.17) is 9.47 Å². The molecule has 0 aliphatic carbocycles. The fraction of sp³-hybridized carbons (Fsp3) is 0.250. The molecule has 4 rings (SSSR count). The molecule has 0 saturated carbocycles. The van der Waals surface area contributed by atoms with Gasteiger partial charge in [0.25, 0.3) is 0 Å². The van der Waals surface area contributed by atoms with E-state index in [1.807, 2.05) is 36.4 Å².